The average Bonchev–Trinajstić information content (AvgIpc) is 3.04. The zero-order chi connectivity index (χ0) is 13.3. The van der Waals surface area contributed by atoms with E-state index in [4.69, 9.17) is 10.3 Å². The minimum atomic E-state index is -0.138. The Morgan fingerprint density at radius 3 is 2.84 bits per heavy atom. The van der Waals surface area contributed by atoms with Crippen molar-refractivity contribution in [2.75, 3.05) is 0 Å². The molecule has 6 heteroatoms. The van der Waals surface area contributed by atoms with Gasteiger partial charge in [-0.15, -0.1) is 11.3 Å². The Morgan fingerprint density at radius 1 is 1.37 bits per heavy atom. The van der Waals surface area contributed by atoms with Gasteiger partial charge in [-0.05, 0) is 19.8 Å². The average molecular weight is 278 g/mol. The molecule has 1 aliphatic carbocycles. The zero-order valence-electron chi connectivity index (χ0n) is 11.1. The van der Waals surface area contributed by atoms with Gasteiger partial charge in [-0.1, -0.05) is 18.0 Å². The first-order chi connectivity index (χ1) is 9.13. The molecule has 0 saturated heterocycles. The molecule has 1 fully saturated rings. The lowest BCUT2D eigenvalue weighted by atomic mass is 9.95. The molecule has 0 aromatic carbocycles. The second-order valence-electron chi connectivity index (χ2n) is 5.39. The van der Waals surface area contributed by atoms with Gasteiger partial charge in [-0.3, -0.25) is 0 Å². The molecule has 19 heavy (non-hydrogen) atoms. The van der Waals surface area contributed by atoms with Gasteiger partial charge < -0.3 is 10.3 Å². The molecule has 0 aliphatic heterocycles. The number of thiazole rings is 1. The van der Waals surface area contributed by atoms with Crippen LogP contribution in [0.2, 0.25) is 0 Å². The smallest absolute Gasteiger partial charge is 0.228 e. The topological polar surface area (TPSA) is 77.8 Å². The highest BCUT2D eigenvalue weighted by Gasteiger charge is 2.31. The van der Waals surface area contributed by atoms with Crippen molar-refractivity contribution in [1.29, 1.82) is 0 Å². The van der Waals surface area contributed by atoms with Crippen molar-refractivity contribution in [3.8, 4) is 0 Å². The molecule has 1 saturated carbocycles. The highest BCUT2D eigenvalue weighted by atomic mass is 32.1. The van der Waals surface area contributed by atoms with Gasteiger partial charge in [-0.25, -0.2) is 4.98 Å². The SMILES string of the molecule is Cc1nc(Cc2noc(CC3(N)CCCC3)n2)cs1. The van der Waals surface area contributed by atoms with Crippen molar-refractivity contribution in [2.24, 2.45) is 5.73 Å². The normalized spacial score (nSPS) is 18.0. The van der Waals surface area contributed by atoms with Gasteiger partial charge in [0.25, 0.3) is 0 Å². The van der Waals surface area contributed by atoms with E-state index in [1.807, 2.05) is 12.3 Å². The van der Waals surface area contributed by atoms with Crippen LogP contribution in [0.1, 0.15) is 48.1 Å². The molecule has 2 N–H and O–H groups in total. The third kappa shape index (κ3) is 3.01. The fourth-order valence-corrected chi connectivity index (χ4v) is 3.25. The second-order valence-corrected chi connectivity index (χ2v) is 6.45. The molecule has 0 spiro atoms. The molecule has 2 aromatic heterocycles. The Kier molecular flexibility index (Phi) is 3.36. The molecule has 0 unspecified atom stereocenters. The quantitative estimate of drug-likeness (QED) is 0.928. The standard InChI is InChI=1S/C13H18N4OS/c1-9-15-10(8-19-9)6-11-16-12(18-17-11)7-13(14)4-2-3-5-13/h8H,2-7,14H2,1H3. The Balaban J connectivity index is 1.66. The Labute approximate surface area is 116 Å². The van der Waals surface area contributed by atoms with Crippen molar-refractivity contribution in [1.82, 2.24) is 15.1 Å². The molecule has 0 amide bonds. The highest BCUT2D eigenvalue weighted by molar-refractivity contribution is 7.09. The highest BCUT2D eigenvalue weighted by Crippen LogP contribution is 2.29. The molecule has 102 valence electrons. The molecule has 3 rings (SSSR count). The Bertz CT molecular complexity index is 556. The third-order valence-electron chi connectivity index (χ3n) is 3.62. The number of hydrogen-bond donors (Lipinski definition) is 1. The van der Waals surface area contributed by atoms with Gasteiger partial charge in [0.2, 0.25) is 5.89 Å². The lowest BCUT2D eigenvalue weighted by molar-refractivity contribution is 0.327. The van der Waals surface area contributed by atoms with Crippen LogP contribution in [0.25, 0.3) is 0 Å². The summed E-state index contributed by atoms with van der Waals surface area (Å²) in [6.45, 7) is 1.99. The second kappa shape index (κ2) is 5.02. The molecular formula is C13H18N4OS. The summed E-state index contributed by atoms with van der Waals surface area (Å²) >= 11 is 1.64. The summed E-state index contributed by atoms with van der Waals surface area (Å²) in [6, 6.07) is 0. The maximum Gasteiger partial charge on any atom is 0.228 e. The summed E-state index contributed by atoms with van der Waals surface area (Å²) in [6.07, 6.45) is 5.83. The maximum atomic E-state index is 6.32. The van der Waals surface area contributed by atoms with Gasteiger partial charge in [0.15, 0.2) is 5.82 Å². The predicted octanol–water partition coefficient (Wildman–Crippen LogP) is 2.24. The molecule has 5 nitrogen and oxygen atoms in total. The lowest BCUT2D eigenvalue weighted by Crippen LogP contribution is -2.38. The maximum absolute atomic E-state index is 6.32. The van der Waals surface area contributed by atoms with Crippen molar-refractivity contribution < 1.29 is 4.52 Å². The van der Waals surface area contributed by atoms with Crippen molar-refractivity contribution in [3.63, 3.8) is 0 Å². The van der Waals surface area contributed by atoms with Crippen LogP contribution in [0.5, 0.6) is 0 Å². The molecule has 0 atom stereocenters. The Hall–Kier alpha value is -1.27. The minimum Gasteiger partial charge on any atom is -0.339 e. The molecule has 0 bridgehead atoms. The first-order valence-electron chi connectivity index (χ1n) is 6.64. The van der Waals surface area contributed by atoms with Crippen LogP contribution >= 0.6 is 11.3 Å². The van der Waals surface area contributed by atoms with E-state index in [2.05, 4.69) is 15.1 Å². The lowest BCUT2D eigenvalue weighted by Gasteiger charge is -2.20. The number of rotatable bonds is 4. The van der Waals surface area contributed by atoms with Gasteiger partial charge >= 0.3 is 0 Å². The van der Waals surface area contributed by atoms with Crippen molar-refractivity contribution >= 4 is 11.3 Å². The summed E-state index contributed by atoms with van der Waals surface area (Å²) in [7, 11) is 0. The van der Waals surface area contributed by atoms with E-state index in [9.17, 15) is 0 Å². The Morgan fingerprint density at radius 2 is 2.16 bits per heavy atom. The zero-order valence-corrected chi connectivity index (χ0v) is 11.9. The van der Waals surface area contributed by atoms with E-state index >= 15 is 0 Å². The van der Waals surface area contributed by atoms with E-state index in [0.717, 1.165) is 23.5 Å². The molecular weight excluding hydrogens is 260 g/mol. The van der Waals surface area contributed by atoms with Crippen LogP contribution in [-0.2, 0) is 12.8 Å². The molecule has 2 aromatic rings. The minimum absolute atomic E-state index is 0.138. The fourth-order valence-electron chi connectivity index (χ4n) is 2.64. The number of aromatic nitrogens is 3. The number of hydrogen-bond acceptors (Lipinski definition) is 6. The molecule has 0 radical (unpaired) electrons. The number of nitrogens with zero attached hydrogens (tertiary/aromatic N) is 3. The first-order valence-corrected chi connectivity index (χ1v) is 7.52. The van der Waals surface area contributed by atoms with Crippen molar-refractivity contribution in [2.45, 2.75) is 51.0 Å². The van der Waals surface area contributed by atoms with Crippen LogP contribution in [0, 0.1) is 6.92 Å². The molecule has 2 heterocycles. The first kappa shape index (κ1) is 12.7. The number of nitrogens with two attached hydrogens (primary N) is 1. The summed E-state index contributed by atoms with van der Waals surface area (Å²) in [5, 5.41) is 7.11. The van der Waals surface area contributed by atoms with Crippen molar-refractivity contribution in [3.05, 3.63) is 27.8 Å². The predicted molar refractivity (Wildman–Crippen MR) is 73.0 cm³/mol. The van der Waals surface area contributed by atoms with E-state index in [-0.39, 0.29) is 5.54 Å². The largest absolute Gasteiger partial charge is 0.339 e. The van der Waals surface area contributed by atoms with Crippen LogP contribution in [0.3, 0.4) is 0 Å². The van der Waals surface area contributed by atoms with E-state index < -0.39 is 0 Å². The van der Waals surface area contributed by atoms with E-state index in [0.29, 0.717) is 24.6 Å². The molecule has 1 aliphatic rings. The summed E-state index contributed by atoms with van der Waals surface area (Å²) in [5.74, 6) is 1.35. The monoisotopic (exact) mass is 278 g/mol. The fraction of sp³-hybridized carbons (Fsp3) is 0.615. The summed E-state index contributed by atoms with van der Waals surface area (Å²) in [5.41, 5.74) is 7.18. The van der Waals surface area contributed by atoms with Gasteiger partial charge in [0.1, 0.15) is 0 Å². The summed E-state index contributed by atoms with van der Waals surface area (Å²) < 4.78 is 5.31. The van der Waals surface area contributed by atoms with Crippen LogP contribution in [0.15, 0.2) is 9.90 Å². The van der Waals surface area contributed by atoms with Gasteiger partial charge in [0.05, 0.1) is 17.1 Å². The van der Waals surface area contributed by atoms with Gasteiger partial charge in [-0.2, -0.15) is 4.98 Å². The van der Waals surface area contributed by atoms with Crippen LogP contribution in [0.4, 0.5) is 0 Å². The van der Waals surface area contributed by atoms with E-state index in [1.165, 1.54) is 12.8 Å². The van der Waals surface area contributed by atoms with Gasteiger partial charge in [0, 0.05) is 17.3 Å². The third-order valence-corrected chi connectivity index (χ3v) is 4.44. The summed E-state index contributed by atoms with van der Waals surface area (Å²) in [4.78, 5) is 8.83. The van der Waals surface area contributed by atoms with Crippen LogP contribution in [-0.4, -0.2) is 20.7 Å². The van der Waals surface area contributed by atoms with E-state index in [1.54, 1.807) is 11.3 Å². The number of aryl methyl sites for hydroxylation is 1. The van der Waals surface area contributed by atoms with Crippen LogP contribution < -0.4 is 5.73 Å².